The van der Waals surface area contributed by atoms with E-state index < -0.39 is 34.7 Å². The SMILES string of the molecule is CC12CCC3C(CCC4(O)CC(O)CCC34CO)C1(O)CCC2C(=O)CO. The van der Waals surface area contributed by atoms with Crippen LogP contribution in [0.4, 0.5) is 0 Å². The molecule has 27 heavy (non-hydrogen) atoms. The molecular weight excluding hydrogens is 348 g/mol. The van der Waals surface area contributed by atoms with Crippen LogP contribution in [0.3, 0.4) is 0 Å². The van der Waals surface area contributed by atoms with Crippen molar-refractivity contribution in [1.82, 2.24) is 0 Å². The molecule has 5 N–H and O–H groups in total. The van der Waals surface area contributed by atoms with E-state index in [9.17, 15) is 30.3 Å². The Morgan fingerprint density at radius 2 is 1.67 bits per heavy atom. The van der Waals surface area contributed by atoms with Crippen LogP contribution in [0.1, 0.15) is 64.7 Å². The van der Waals surface area contributed by atoms with E-state index >= 15 is 0 Å². The normalized spacial score (nSPS) is 54.7. The summed E-state index contributed by atoms with van der Waals surface area (Å²) < 4.78 is 0. The van der Waals surface area contributed by atoms with E-state index in [2.05, 4.69) is 0 Å². The van der Waals surface area contributed by atoms with Gasteiger partial charge in [0.05, 0.1) is 23.9 Å². The van der Waals surface area contributed by atoms with Crippen LogP contribution in [0.2, 0.25) is 0 Å². The molecule has 0 bridgehead atoms. The van der Waals surface area contributed by atoms with Gasteiger partial charge in [0.15, 0.2) is 5.78 Å². The summed E-state index contributed by atoms with van der Waals surface area (Å²) in [6, 6.07) is 0. The van der Waals surface area contributed by atoms with Crippen molar-refractivity contribution in [2.75, 3.05) is 13.2 Å². The largest absolute Gasteiger partial charge is 0.396 e. The van der Waals surface area contributed by atoms with Gasteiger partial charge in [-0.3, -0.25) is 4.79 Å². The maximum Gasteiger partial charge on any atom is 0.161 e. The van der Waals surface area contributed by atoms with Crippen LogP contribution in [0, 0.1) is 28.6 Å². The molecule has 0 aliphatic heterocycles. The highest BCUT2D eigenvalue weighted by atomic mass is 16.3. The lowest BCUT2D eigenvalue weighted by molar-refractivity contribution is -0.269. The minimum absolute atomic E-state index is 0.0187. The van der Waals surface area contributed by atoms with Crippen molar-refractivity contribution >= 4 is 5.78 Å². The highest BCUT2D eigenvalue weighted by Gasteiger charge is 2.71. The zero-order valence-electron chi connectivity index (χ0n) is 16.2. The first kappa shape index (κ1) is 19.8. The molecule has 6 heteroatoms. The number of ketones is 1. The Morgan fingerprint density at radius 3 is 2.33 bits per heavy atom. The highest BCUT2D eigenvalue weighted by Crippen LogP contribution is 2.69. The Bertz CT molecular complexity index is 624. The first-order valence-corrected chi connectivity index (χ1v) is 10.5. The molecule has 4 fully saturated rings. The highest BCUT2D eigenvalue weighted by molar-refractivity contribution is 5.83. The standard InChI is InChI=1S/C21H34O6/c1-18-6-3-14-15(21(18,27)9-5-16(18)17(25)11-22)4-8-20(26)10-13(24)2-7-19(14,20)12-23/h13-16,22-24,26-27H,2-12H2,1H3. The fraction of sp³-hybridized carbons (Fsp3) is 0.952. The first-order valence-electron chi connectivity index (χ1n) is 10.5. The van der Waals surface area contributed by atoms with E-state index in [0.29, 0.717) is 44.9 Å². The van der Waals surface area contributed by atoms with Gasteiger partial charge >= 0.3 is 0 Å². The van der Waals surface area contributed by atoms with Gasteiger partial charge in [-0.2, -0.15) is 0 Å². The molecule has 0 aromatic heterocycles. The van der Waals surface area contributed by atoms with Crippen molar-refractivity contribution in [3.63, 3.8) is 0 Å². The fourth-order valence-corrected chi connectivity index (χ4v) is 7.96. The van der Waals surface area contributed by atoms with Crippen LogP contribution in [0.25, 0.3) is 0 Å². The molecule has 0 radical (unpaired) electrons. The van der Waals surface area contributed by atoms with Crippen LogP contribution in [0.15, 0.2) is 0 Å². The molecule has 4 rings (SSSR count). The number of carbonyl (C=O) groups is 1. The molecule has 0 amide bonds. The van der Waals surface area contributed by atoms with Gasteiger partial charge in [0.25, 0.3) is 0 Å². The van der Waals surface area contributed by atoms with Crippen molar-refractivity contribution in [2.24, 2.45) is 28.6 Å². The Balaban J connectivity index is 1.72. The second kappa shape index (κ2) is 6.23. The van der Waals surface area contributed by atoms with Crippen LogP contribution < -0.4 is 0 Å². The number of hydrogen-bond donors (Lipinski definition) is 5. The van der Waals surface area contributed by atoms with Crippen molar-refractivity contribution in [3.8, 4) is 0 Å². The summed E-state index contributed by atoms with van der Waals surface area (Å²) in [5.41, 5.74) is -3.35. The van der Waals surface area contributed by atoms with Gasteiger partial charge in [0, 0.05) is 23.2 Å². The lowest BCUT2D eigenvalue weighted by Crippen LogP contribution is -2.69. The third-order valence-electron chi connectivity index (χ3n) is 9.48. The van der Waals surface area contributed by atoms with Crippen molar-refractivity contribution in [1.29, 1.82) is 0 Å². The van der Waals surface area contributed by atoms with Gasteiger partial charge in [0.1, 0.15) is 6.61 Å². The third-order valence-corrected chi connectivity index (χ3v) is 9.48. The number of aliphatic hydroxyl groups is 5. The topological polar surface area (TPSA) is 118 Å². The molecule has 0 aromatic rings. The summed E-state index contributed by atoms with van der Waals surface area (Å²) in [4.78, 5) is 12.3. The van der Waals surface area contributed by atoms with Crippen LogP contribution in [0.5, 0.6) is 0 Å². The third kappa shape index (κ3) is 2.34. The molecule has 6 nitrogen and oxygen atoms in total. The average molecular weight is 382 g/mol. The number of fused-ring (bicyclic) bond motifs is 5. The second-order valence-corrected chi connectivity index (χ2v) is 10.1. The molecule has 4 saturated carbocycles. The van der Waals surface area contributed by atoms with Gasteiger partial charge in [-0.1, -0.05) is 6.92 Å². The summed E-state index contributed by atoms with van der Waals surface area (Å²) in [6.07, 6.45) is 4.50. The molecule has 0 saturated heterocycles. The maximum atomic E-state index is 12.3. The van der Waals surface area contributed by atoms with Crippen LogP contribution in [-0.2, 0) is 4.79 Å². The van der Waals surface area contributed by atoms with E-state index in [0.717, 1.165) is 6.42 Å². The molecular formula is C21H34O6. The predicted octanol–water partition coefficient (Wildman–Crippen LogP) is 0.770. The number of rotatable bonds is 3. The second-order valence-electron chi connectivity index (χ2n) is 10.1. The predicted molar refractivity (Wildman–Crippen MR) is 97.6 cm³/mol. The monoisotopic (exact) mass is 382 g/mol. The zero-order valence-corrected chi connectivity index (χ0v) is 16.2. The minimum Gasteiger partial charge on any atom is -0.396 e. The molecule has 4 aliphatic rings. The molecule has 0 heterocycles. The number of carbonyl (C=O) groups excluding carboxylic acids is 1. The summed E-state index contributed by atoms with van der Waals surface area (Å²) in [6.45, 7) is 1.37. The van der Waals surface area contributed by atoms with E-state index in [1.165, 1.54) is 0 Å². The van der Waals surface area contributed by atoms with Gasteiger partial charge in [-0.25, -0.2) is 0 Å². The van der Waals surface area contributed by atoms with E-state index in [-0.39, 0.29) is 36.6 Å². The molecule has 0 aromatic carbocycles. The number of hydrogen-bond acceptors (Lipinski definition) is 6. The molecule has 154 valence electrons. The van der Waals surface area contributed by atoms with E-state index in [1.54, 1.807) is 0 Å². The van der Waals surface area contributed by atoms with Crippen molar-refractivity contribution < 1.29 is 30.3 Å². The molecule has 4 aliphatic carbocycles. The average Bonchev–Trinajstić information content (AvgIpc) is 2.92. The minimum atomic E-state index is -1.09. The number of Topliss-reactive ketones (excluding diaryl/α,β-unsaturated/α-hetero) is 1. The van der Waals surface area contributed by atoms with Crippen molar-refractivity contribution in [3.05, 3.63) is 0 Å². The van der Waals surface area contributed by atoms with Gasteiger partial charge in [-0.15, -0.1) is 0 Å². The van der Waals surface area contributed by atoms with Gasteiger partial charge in [-0.05, 0) is 63.2 Å². The summed E-state index contributed by atoms with van der Waals surface area (Å²) in [5.74, 6) is -0.602. The maximum absolute atomic E-state index is 12.3. The van der Waals surface area contributed by atoms with E-state index in [1.807, 2.05) is 6.92 Å². The summed E-state index contributed by atoms with van der Waals surface area (Å²) >= 11 is 0. The van der Waals surface area contributed by atoms with Crippen LogP contribution >= 0.6 is 0 Å². The van der Waals surface area contributed by atoms with Gasteiger partial charge < -0.3 is 25.5 Å². The van der Waals surface area contributed by atoms with E-state index in [4.69, 9.17) is 0 Å². The smallest absolute Gasteiger partial charge is 0.161 e. The zero-order chi connectivity index (χ0) is 19.7. The Hall–Kier alpha value is -0.530. The molecule has 8 atom stereocenters. The first-order chi connectivity index (χ1) is 12.7. The Kier molecular flexibility index (Phi) is 4.56. The summed E-state index contributed by atoms with van der Waals surface area (Å²) in [7, 11) is 0. The molecule has 0 spiro atoms. The number of aliphatic hydroxyl groups excluding tert-OH is 3. The Morgan fingerprint density at radius 1 is 0.963 bits per heavy atom. The lowest BCUT2D eigenvalue weighted by Gasteiger charge is -2.66. The fourth-order valence-electron chi connectivity index (χ4n) is 7.96. The van der Waals surface area contributed by atoms with Gasteiger partial charge in [0.2, 0.25) is 0 Å². The Labute approximate surface area is 160 Å². The van der Waals surface area contributed by atoms with Crippen LogP contribution in [-0.4, -0.2) is 61.8 Å². The summed E-state index contributed by atoms with van der Waals surface area (Å²) in [5, 5.41) is 53.2. The lowest BCUT2D eigenvalue weighted by atomic mass is 9.41. The van der Waals surface area contributed by atoms with Crippen molar-refractivity contribution in [2.45, 2.75) is 82.0 Å². The quantitative estimate of drug-likeness (QED) is 0.492. The molecule has 8 unspecified atom stereocenters.